The third-order valence-electron chi connectivity index (χ3n) is 5.37. The number of amides is 1. The number of fused-ring (bicyclic) bond motifs is 1. The van der Waals surface area contributed by atoms with Gasteiger partial charge >= 0.3 is 36.6 Å². The molecule has 0 radical (unpaired) electrons. The number of rotatable bonds is 4. The van der Waals surface area contributed by atoms with Crippen molar-refractivity contribution in [2.75, 3.05) is 0 Å². The lowest BCUT2D eigenvalue weighted by Crippen LogP contribution is -2.38. The van der Waals surface area contributed by atoms with Crippen LogP contribution in [0.3, 0.4) is 0 Å². The van der Waals surface area contributed by atoms with Gasteiger partial charge in [0.25, 0.3) is 5.91 Å². The highest BCUT2D eigenvalue weighted by Crippen LogP contribution is 2.34. The van der Waals surface area contributed by atoms with Gasteiger partial charge in [-0.25, -0.2) is 19.0 Å². The van der Waals surface area contributed by atoms with Crippen LogP contribution in [0.25, 0.3) is 16.9 Å². The lowest BCUT2D eigenvalue weighted by Gasteiger charge is -2.20. The number of aromatic nitrogens is 3. The molecule has 1 amide bonds. The monoisotopic (exact) mass is 710 g/mol. The molecule has 3 heterocycles. The molecule has 0 aliphatic carbocycles. The van der Waals surface area contributed by atoms with Crippen molar-refractivity contribution < 1.29 is 81.7 Å². The molecule has 9 nitrogen and oxygen atoms in total. The smallest absolute Gasteiger partial charge is 0.475 e. The van der Waals surface area contributed by atoms with Crippen LogP contribution in [0.4, 0.5) is 57.1 Å². The Bertz CT molecular complexity index is 1730. The van der Waals surface area contributed by atoms with Gasteiger partial charge in [0.1, 0.15) is 11.6 Å². The minimum Gasteiger partial charge on any atom is -0.475 e. The van der Waals surface area contributed by atoms with Gasteiger partial charge in [-0.1, -0.05) is 12.1 Å². The van der Waals surface area contributed by atoms with Crippen molar-refractivity contribution in [2.24, 2.45) is 0 Å². The van der Waals surface area contributed by atoms with E-state index in [2.05, 4.69) is 9.97 Å². The number of pyridine rings is 2. The first-order valence-corrected chi connectivity index (χ1v) is 12.1. The Labute approximate surface area is 257 Å². The number of aliphatic carboxylic acids is 2. The number of hydrogen-bond acceptors (Lipinski definition) is 5. The number of imidazole rings is 1. The molecule has 3 N–H and O–H groups in total. The first-order chi connectivity index (χ1) is 21.9. The molecular weight excluding hydrogens is 695 g/mol. The average molecular weight is 710 g/mol. The van der Waals surface area contributed by atoms with E-state index in [1.54, 1.807) is 0 Å². The van der Waals surface area contributed by atoms with Gasteiger partial charge in [0.05, 0.1) is 22.3 Å². The zero-order chi connectivity index (χ0) is 36.8. The van der Waals surface area contributed by atoms with Gasteiger partial charge in [-0.15, -0.1) is 0 Å². The first kappa shape index (κ1) is 38.7. The van der Waals surface area contributed by atoms with Crippen molar-refractivity contribution in [3.8, 4) is 11.4 Å². The number of hydrogen-bond donors (Lipinski definition) is 3. The maximum atomic E-state index is 14.6. The molecule has 0 aliphatic heterocycles. The maximum Gasteiger partial charge on any atom is 0.490 e. The predicted octanol–water partition coefficient (Wildman–Crippen LogP) is 6.85. The molecule has 0 saturated heterocycles. The van der Waals surface area contributed by atoms with E-state index in [4.69, 9.17) is 19.8 Å². The summed E-state index contributed by atoms with van der Waals surface area (Å²) in [6.45, 7) is 0. The Hall–Kier alpha value is -5.44. The molecule has 22 heteroatoms. The van der Waals surface area contributed by atoms with Crippen LogP contribution in [-0.4, -0.2) is 61.0 Å². The fourth-order valence-electron chi connectivity index (χ4n) is 3.34. The Balaban J connectivity index is 0.000000479. The highest BCUT2D eigenvalue weighted by molar-refractivity contribution is 6.00. The number of nitrogens with one attached hydrogen (secondary N) is 1. The number of benzene rings is 1. The topological polar surface area (TPSA) is 134 Å². The highest BCUT2D eigenvalue weighted by atomic mass is 19.4. The lowest BCUT2D eigenvalue weighted by atomic mass is 10.1. The summed E-state index contributed by atoms with van der Waals surface area (Å²) < 4.78 is 159. The van der Waals surface area contributed by atoms with Gasteiger partial charge in [0, 0.05) is 12.4 Å². The van der Waals surface area contributed by atoms with Crippen LogP contribution >= 0.6 is 0 Å². The van der Waals surface area contributed by atoms with Crippen molar-refractivity contribution in [2.45, 2.75) is 30.7 Å². The van der Waals surface area contributed by atoms with Crippen molar-refractivity contribution in [3.05, 3.63) is 89.8 Å². The molecule has 1 atom stereocenters. The molecule has 1 aromatic carbocycles. The SMILES string of the molecule is O=C(NC(c1ccccn1)C(F)(F)F)c1nc(-c2ccc(C(F)(F)F)cc2F)n2ccccc12.O=C(O)C(F)(F)F.O=C(O)C(F)(F)F. The summed E-state index contributed by atoms with van der Waals surface area (Å²) in [5.74, 6) is -8.26. The van der Waals surface area contributed by atoms with Crippen LogP contribution in [0, 0.1) is 5.82 Å². The Morgan fingerprint density at radius 3 is 1.75 bits per heavy atom. The van der Waals surface area contributed by atoms with E-state index in [1.165, 1.54) is 40.9 Å². The Morgan fingerprint density at radius 1 is 0.771 bits per heavy atom. The summed E-state index contributed by atoms with van der Waals surface area (Å²) in [4.78, 5) is 38.3. The Morgan fingerprint density at radius 2 is 1.31 bits per heavy atom. The van der Waals surface area contributed by atoms with Crippen LogP contribution in [0.2, 0.25) is 0 Å². The van der Waals surface area contributed by atoms with Crippen LogP contribution < -0.4 is 5.32 Å². The molecule has 0 bridgehead atoms. The summed E-state index contributed by atoms with van der Waals surface area (Å²) in [6, 6.07) is 7.44. The quantitative estimate of drug-likeness (QED) is 0.197. The number of carbonyl (C=O) groups excluding carboxylic acids is 1. The van der Waals surface area contributed by atoms with E-state index in [1.807, 2.05) is 5.32 Å². The van der Waals surface area contributed by atoms with Crippen molar-refractivity contribution in [1.82, 2.24) is 19.7 Å². The number of carbonyl (C=O) groups is 3. The van der Waals surface area contributed by atoms with Crippen LogP contribution in [0.5, 0.6) is 0 Å². The molecule has 260 valence electrons. The van der Waals surface area contributed by atoms with Crippen LogP contribution in [0.1, 0.15) is 27.8 Å². The third-order valence-corrected chi connectivity index (χ3v) is 5.37. The molecule has 3 aromatic heterocycles. The fraction of sp³-hybridized carbons (Fsp3) is 0.192. The molecule has 1 unspecified atom stereocenters. The normalized spacial score (nSPS) is 12.6. The van der Waals surface area contributed by atoms with E-state index >= 15 is 0 Å². The number of alkyl halides is 12. The molecule has 4 rings (SSSR count). The fourth-order valence-corrected chi connectivity index (χ4v) is 3.34. The summed E-state index contributed by atoms with van der Waals surface area (Å²) >= 11 is 0. The van der Waals surface area contributed by atoms with Crippen molar-refractivity contribution in [3.63, 3.8) is 0 Å². The van der Waals surface area contributed by atoms with Gasteiger partial charge in [0.2, 0.25) is 0 Å². The molecule has 0 spiro atoms. The second-order valence-electron chi connectivity index (χ2n) is 8.74. The van der Waals surface area contributed by atoms with Crippen molar-refractivity contribution in [1.29, 1.82) is 0 Å². The van der Waals surface area contributed by atoms with E-state index in [0.29, 0.717) is 6.07 Å². The molecular formula is C26H15F13N4O5. The summed E-state index contributed by atoms with van der Waals surface area (Å²) in [7, 11) is 0. The molecule has 0 fully saturated rings. The summed E-state index contributed by atoms with van der Waals surface area (Å²) in [5, 5.41) is 16.1. The van der Waals surface area contributed by atoms with Crippen molar-refractivity contribution >= 4 is 23.4 Å². The average Bonchev–Trinajstić information content (AvgIpc) is 3.34. The zero-order valence-electron chi connectivity index (χ0n) is 22.8. The van der Waals surface area contributed by atoms with Crippen LogP contribution in [-0.2, 0) is 15.8 Å². The molecule has 0 saturated carbocycles. The van der Waals surface area contributed by atoms with Gasteiger partial charge in [-0.2, -0.15) is 52.7 Å². The van der Waals surface area contributed by atoms with E-state index < -0.39 is 71.4 Å². The minimum atomic E-state index is -5.08. The van der Waals surface area contributed by atoms with Gasteiger partial charge < -0.3 is 15.5 Å². The molecule has 4 aromatic rings. The number of carboxylic acid groups (broad SMARTS) is 2. The molecule has 48 heavy (non-hydrogen) atoms. The first-order valence-electron chi connectivity index (χ1n) is 12.1. The zero-order valence-corrected chi connectivity index (χ0v) is 22.8. The van der Waals surface area contributed by atoms with E-state index in [-0.39, 0.29) is 23.0 Å². The van der Waals surface area contributed by atoms with Gasteiger partial charge in [-0.05, 0) is 42.5 Å². The summed E-state index contributed by atoms with van der Waals surface area (Å²) in [5.41, 5.74) is -2.50. The number of nitrogens with zero attached hydrogens (tertiary/aromatic N) is 3. The largest absolute Gasteiger partial charge is 0.490 e. The minimum absolute atomic E-state index is 0.0243. The second kappa shape index (κ2) is 14.5. The second-order valence-corrected chi connectivity index (χ2v) is 8.74. The Kier molecular flexibility index (Phi) is 11.7. The van der Waals surface area contributed by atoms with E-state index in [0.717, 1.165) is 18.3 Å². The predicted molar refractivity (Wildman–Crippen MR) is 133 cm³/mol. The van der Waals surface area contributed by atoms with Gasteiger partial charge in [0.15, 0.2) is 11.7 Å². The number of halogens is 13. The maximum absolute atomic E-state index is 14.6. The lowest BCUT2D eigenvalue weighted by molar-refractivity contribution is -0.193. The van der Waals surface area contributed by atoms with Gasteiger partial charge in [-0.3, -0.25) is 14.2 Å². The standard InChI is InChI=1S/C22H13F7N4O.2C2HF3O2/c23-14-11-12(21(24,25)26)7-8-13(14)19-31-17(16-6-2-4-10-33(16)19)20(34)32-18(22(27,28)29)15-5-1-3-9-30-15;2*3-2(4,5)1(6)7/h1-11,18H,(H,32,34);2*(H,6,7). The third kappa shape index (κ3) is 10.3. The molecule has 0 aliphatic rings. The van der Waals surface area contributed by atoms with E-state index in [9.17, 15) is 61.9 Å². The number of carboxylic acids is 2. The highest BCUT2D eigenvalue weighted by Gasteiger charge is 2.43. The summed E-state index contributed by atoms with van der Waals surface area (Å²) in [6.07, 6.45) is -17.3. The van der Waals surface area contributed by atoms with Crippen LogP contribution in [0.15, 0.2) is 67.0 Å².